The molecule has 0 aliphatic carbocycles. The number of hydrogen-bond donors (Lipinski definition) is 5. The van der Waals surface area contributed by atoms with Crippen molar-refractivity contribution in [1.29, 1.82) is 0 Å². The number of aliphatic imine (C=N–C) groups is 1. The minimum atomic E-state index is -0.912. The fourth-order valence-corrected chi connectivity index (χ4v) is 3.64. The van der Waals surface area contributed by atoms with Gasteiger partial charge >= 0.3 is 11.9 Å². The third kappa shape index (κ3) is 6.24. The van der Waals surface area contributed by atoms with Crippen LogP contribution in [0.4, 0.5) is 5.69 Å². The maximum absolute atomic E-state index is 12.5. The number of aromatic amines is 1. The highest BCUT2D eigenvalue weighted by Gasteiger charge is 2.18. The molecule has 7 N–H and O–H groups in total. The van der Waals surface area contributed by atoms with Gasteiger partial charge in [0.1, 0.15) is 11.8 Å². The van der Waals surface area contributed by atoms with Crippen LogP contribution in [0.3, 0.4) is 0 Å². The third-order valence-corrected chi connectivity index (χ3v) is 5.34. The number of nitrogens with zero attached hydrogens (tertiary/aromatic N) is 1. The van der Waals surface area contributed by atoms with Crippen molar-refractivity contribution in [1.82, 2.24) is 10.3 Å². The van der Waals surface area contributed by atoms with Crippen LogP contribution in [0.15, 0.2) is 83.9 Å². The number of aromatic nitrogens is 1. The molecule has 35 heavy (non-hydrogen) atoms. The number of ether oxygens (including phenoxy) is 1. The molecule has 4 aromatic rings. The Morgan fingerprint density at radius 1 is 1.00 bits per heavy atom. The number of nitrogens with one attached hydrogen (secondary N) is 2. The van der Waals surface area contributed by atoms with E-state index in [-0.39, 0.29) is 5.96 Å². The number of nitrogens with two attached hydrogens (primary N) is 2. The largest absolute Gasteiger partial charge is 0.480 e. The summed E-state index contributed by atoms with van der Waals surface area (Å²) in [4.78, 5) is 31.3. The number of H-pyrrole nitrogens is 1. The topological polar surface area (TPSA) is 156 Å². The van der Waals surface area contributed by atoms with Gasteiger partial charge in [0.25, 0.3) is 0 Å². The maximum atomic E-state index is 12.5. The quantitative estimate of drug-likeness (QED) is 0.109. The molecule has 1 heterocycles. The Bertz CT molecular complexity index is 1360. The van der Waals surface area contributed by atoms with Gasteiger partial charge in [-0.15, -0.1) is 0 Å². The summed E-state index contributed by atoms with van der Waals surface area (Å²) < 4.78 is 5.50. The smallest absolute Gasteiger partial charge is 0.343 e. The molecule has 0 radical (unpaired) electrons. The first-order valence-corrected chi connectivity index (χ1v) is 10.9. The molecule has 0 aliphatic heterocycles. The van der Waals surface area contributed by atoms with Crippen LogP contribution in [0.2, 0.25) is 0 Å². The van der Waals surface area contributed by atoms with Gasteiger partial charge in [0.05, 0.1) is 11.3 Å². The van der Waals surface area contributed by atoms with E-state index in [1.54, 1.807) is 36.4 Å². The number of fused-ring (bicyclic) bond motifs is 1. The second kappa shape index (κ2) is 10.5. The van der Waals surface area contributed by atoms with Crippen LogP contribution in [-0.2, 0) is 17.8 Å². The SMILES string of the molecule is NC(N)=Nc1ccc(C(=O)Oc2ccc3cc(CN[C@@H](Cc4ccccc4)C(=O)O)[nH]c3c2)cc1. The zero-order valence-electron chi connectivity index (χ0n) is 18.8. The Morgan fingerprint density at radius 2 is 1.74 bits per heavy atom. The lowest BCUT2D eigenvalue weighted by Crippen LogP contribution is -2.38. The summed E-state index contributed by atoms with van der Waals surface area (Å²) in [5, 5.41) is 13.6. The van der Waals surface area contributed by atoms with E-state index in [9.17, 15) is 14.7 Å². The van der Waals surface area contributed by atoms with Crippen LogP contribution in [0.25, 0.3) is 10.9 Å². The molecule has 1 atom stereocenters. The first kappa shape index (κ1) is 23.5. The summed E-state index contributed by atoms with van der Waals surface area (Å²) in [6.45, 7) is 0.343. The van der Waals surface area contributed by atoms with E-state index in [2.05, 4.69) is 15.3 Å². The van der Waals surface area contributed by atoms with Crippen LogP contribution < -0.4 is 21.5 Å². The highest BCUT2D eigenvalue weighted by atomic mass is 16.5. The molecule has 0 spiro atoms. The number of carboxylic acids is 1. The Kier molecular flexibility index (Phi) is 7.08. The van der Waals surface area contributed by atoms with Gasteiger partial charge in [-0.2, -0.15) is 0 Å². The minimum Gasteiger partial charge on any atom is -0.480 e. The summed E-state index contributed by atoms with van der Waals surface area (Å²) in [5.74, 6) is -1.11. The van der Waals surface area contributed by atoms with E-state index >= 15 is 0 Å². The molecule has 178 valence electrons. The van der Waals surface area contributed by atoms with Crippen molar-refractivity contribution < 1.29 is 19.4 Å². The van der Waals surface area contributed by atoms with Gasteiger partial charge in [-0.25, -0.2) is 9.79 Å². The molecule has 0 fully saturated rings. The normalized spacial score (nSPS) is 11.7. The Morgan fingerprint density at radius 3 is 2.43 bits per heavy atom. The fourth-order valence-electron chi connectivity index (χ4n) is 3.64. The number of carbonyl (C=O) groups excluding carboxylic acids is 1. The zero-order valence-corrected chi connectivity index (χ0v) is 18.8. The first-order valence-electron chi connectivity index (χ1n) is 10.9. The average molecular weight is 472 g/mol. The van der Waals surface area contributed by atoms with Crippen LogP contribution >= 0.6 is 0 Å². The second-order valence-electron chi connectivity index (χ2n) is 7.98. The zero-order chi connectivity index (χ0) is 24.8. The van der Waals surface area contributed by atoms with E-state index in [4.69, 9.17) is 16.2 Å². The Balaban J connectivity index is 1.40. The van der Waals surface area contributed by atoms with Crippen molar-refractivity contribution in [3.63, 3.8) is 0 Å². The second-order valence-corrected chi connectivity index (χ2v) is 7.98. The molecular weight excluding hydrogens is 446 g/mol. The number of aliphatic carboxylic acids is 1. The van der Waals surface area contributed by atoms with Crippen molar-refractivity contribution >= 4 is 34.5 Å². The molecule has 0 unspecified atom stereocenters. The van der Waals surface area contributed by atoms with E-state index < -0.39 is 18.0 Å². The number of benzene rings is 3. The van der Waals surface area contributed by atoms with Crippen LogP contribution in [0.5, 0.6) is 5.75 Å². The summed E-state index contributed by atoms with van der Waals surface area (Å²) in [6, 6.07) is 22.3. The lowest BCUT2D eigenvalue weighted by molar-refractivity contribution is -0.139. The molecule has 0 bridgehead atoms. The van der Waals surface area contributed by atoms with Crippen LogP contribution in [-0.4, -0.2) is 34.0 Å². The predicted octanol–water partition coefficient (Wildman–Crippen LogP) is 3.08. The van der Waals surface area contributed by atoms with E-state index in [1.165, 1.54) is 0 Å². The molecule has 0 saturated carbocycles. The summed E-state index contributed by atoms with van der Waals surface area (Å²) in [6.07, 6.45) is 0.378. The van der Waals surface area contributed by atoms with Crippen LogP contribution in [0, 0.1) is 0 Å². The molecule has 0 saturated heterocycles. The van der Waals surface area contributed by atoms with Gasteiger partial charge in [-0.1, -0.05) is 30.3 Å². The first-order chi connectivity index (χ1) is 16.9. The molecule has 1 aromatic heterocycles. The Hall–Kier alpha value is -4.63. The summed E-state index contributed by atoms with van der Waals surface area (Å²) >= 11 is 0. The third-order valence-electron chi connectivity index (χ3n) is 5.34. The number of hydrogen-bond acceptors (Lipinski definition) is 5. The van der Waals surface area contributed by atoms with Gasteiger partial charge in [0.15, 0.2) is 5.96 Å². The van der Waals surface area contributed by atoms with Crippen molar-refractivity contribution in [2.45, 2.75) is 19.0 Å². The van der Waals surface area contributed by atoms with Crippen molar-refractivity contribution in [3.05, 3.63) is 95.7 Å². The molecule has 3 aromatic carbocycles. The number of carbonyl (C=O) groups is 2. The molecule has 9 heteroatoms. The van der Waals surface area contributed by atoms with E-state index in [0.29, 0.717) is 30.0 Å². The number of guanidine groups is 1. The average Bonchev–Trinajstić information content (AvgIpc) is 3.24. The minimum absolute atomic E-state index is 0.0659. The molecule has 0 aliphatic rings. The molecular formula is C26H25N5O4. The van der Waals surface area contributed by atoms with E-state index in [0.717, 1.165) is 22.2 Å². The number of rotatable bonds is 9. The van der Waals surface area contributed by atoms with Crippen molar-refractivity contribution in [2.75, 3.05) is 0 Å². The predicted molar refractivity (Wildman–Crippen MR) is 134 cm³/mol. The molecule has 9 nitrogen and oxygen atoms in total. The summed E-state index contributed by atoms with van der Waals surface area (Å²) in [7, 11) is 0. The van der Waals surface area contributed by atoms with Gasteiger partial charge in [-0.3, -0.25) is 10.1 Å². The van der Waals surface area contributed by atoms with Crippen molar-refractivity contribution in [2.24, 2.45) is 16.5 Å². The maximum Gasteiger partial charge on any atom is 0.343 e. The van der Waals surface area contributed by atoms with E-state index in [1.807, 2.05) is 42.5 Å². The lowest BCUT2D eigenvalue weighted by Gasteiger charge is -2.14. The lowest BCUT2D eigenvalue weighted by atomic mass is 10.1. The van der Waals surface area contributed by atoms with Crippen LogP contribution in [0.1, 0.15) is 21.6 Å². The van der Waals surface area contributed by atoms with Gasteiger partial charge in [-0.05, 0) is 59.8 Å². The fraction of sp³-hybridized carbons (Fsp3) is 0.115. The molecule has 4 rings (SSSR count). The van der Waals surface area contributed by atoms with Gasteiger partial charge < -0.3 is 26.3 Å². The molecule has 0 amide bonds. The number of carboxylic acid groups (broad SMARTS) is 1. The number of esters is 1. The summed E-state index contributed by atoms with van der Waals surface area (Å²) in [5.41, 5.74) is 14.1. The monoisotopic (exact) mass is 471 g/mol. The standard InChI is InChI=1S/C26H25N5O4/c27-26(28)31-19-9-6-17(7-10-19)25(34)35-21-11-8-18-13-20(30-22(18)14-21)15-29-23(24(32)33)12-16-4-2-1-3-5-16/h1-11,13-14,23,29-30H,12,15H2,(H,32,33)(H4,27,28,31)/t23-/m0/s1. The Labute approximate surface area is 201 Å². The van der Waals surface area contributed by atoms with Gasteiger partial charge in [0, 0.05) is 23.8 Å². The van der Waals surface area contributed by atoms with Gasteiger partial charge in [0.2, 0.25) is 0 Å². The van der Waals surface area contributed by atoms with Crippen molar-refractivity contribution in [3.8, 4) is 5.75 Å². The highest BCUT2D eigenvalue weighted by molar-refractivity contribution is 5.92. The highest BCUT2D eigenvalue weighted by Crippen LogP contribution is 2.23.